The van der Waals surface area contributed by atoms with E-state index in [4.69, 9.17) is 9.40 Å². The van der Waals surface area contributed by atoms with Crippen molar-refractivity contribution in [1.82, 2.24) is 14.9 Å². The molecule has 6 nitrogen and oxygen atoms in total. The van der Waals surface area contributed by atoms with Crippen molar-refractivity contribution >= 4 is 27.8 Å². The number of para-hydroxylation sites is 1. The third-order valence-corrected chi connectivity index (χ3v) is 4.96. The van der Waals surface area contributed by atoms with Crippen molar-refractivity contribution in [2.75, 3.05) is 25.5 Å². The summed E-state index contributed by atoms with van der Waals surface area (Å²) in [4.78, 5) is 24.4. The molecule has 2 aromatic heterocycles. The zero-order chi connectivity index (χ0) is 19.7. The number of nitrogens with zero attached hydrogens (tertiary/aromatic N) is 3. The third-order valence-electron chi connectivity index (χ3n) is 4.96. The Morgan fingerprint density at radius 3 is 2.50 bits per heavy atom. The van der Waals surface area contributed by atoms with Crippen molar-refractivity contribution in [2.45, 2.75) is 20.0 Å². The highest BCUT2D eigenvalue weighted by Crippen LogP contribution is 2.24. The highest BCUT2D eigenvalue weighted by Gasteiger charge is 2.14. The van der Waals surface area contributed by atoms with Crippen LogP contribution in [0.2, 0.25) is 0 Å². The summed E-state index contributed by atoms with van der Waals surface area (Å²) < 4.78 is 5.67. The lowest BCUT2D eigenvalue weighted by Crippen LogP contribution is -2.25. The van der Waals surface area contributed by atoms with E-state index in [0.29, 0.717) is 23.5 Å². The Labute approximate surface area is 163 Å². The van der Waals surface area contributed by atoms with E-state index in [2.05, 4.69) is 46.0 Å². The first-order chi connectivity index (χ1) is 13.5. The molecule has 0 aliphatic carbocycles. The number of H-pyrrole nitrogens is 1. The smallest absolute Gasteiger partial charge is 0.294 e. The SMILES string of the molecule is CCN(Cc1ccc(N(C)C)cc1)Cc1nc2c(oc3ccccc32)c(=O)[nH]1. The summed E-state index contributed by atoms with van der Waals surface area (Å²) in [6, 6.07) is 16.1. The first-order valence-electron chi connectivity index (χ1n) is 9.44. The molecule has 0 aliphatic heterocycles. The minimum atomic E-state index is -0.234. The van der Waals surface area contributed by atoms with Crippen LogP contribution in [0.25, 0.3) is 22.1 Å². The van der Waals surface area contributed by atoms with E-state index in [9.17, 15) is 4.79 Å². The number of furan rings is 1. The quantitative estimate of drug-likeness (QED) is 0.555. The Morgan fingerprint density at radius 1 is 1.04 bits per heavy atom. The van der Waals surface area contributed by atoms with Gasteiger partial charge in [-0.25, -0.2) is 4.98 Å². The lowest BCUT2D eigenvalue weighted by molar-refractivity contribution is 0.264. The largest absolute Gasteiger partial charge is 0.449 e. The van der Waals surface area contributed by atoms with E-state index in [1.54, 1.807) is 0 Å². The molecule has 0 amide bonds. The van der Waals surface area contributed by atoms with Crippen molar-refractivity contribution in [3.63, 3.8) is 0 Å². The molecule has 0 unspecified atom stereocenters. The van der Waals surface area contributed by atoms with Gasteiger partial charge in [0.2, 0.25) is 5.58 Å². The molecule has 0 atom stereocenters. The van der Waals surface area contributed by atoms with Crippen molar-refractivity contribution in [1.29, 1.82) is 0 Å². The monoisotopic (exact) mass is 376 g/mol. The summed E-state index contributed by atoms with van der Waals surface area (Å²) in [5.41, 5.74) is 3.76. The summed E-state index contributed by atoms with van der Waals surface area (Å²) in [6.45, 7) is 4.32. The van der Waals surface area contributed by atoms with Crippen molar-refractivity contribution in [3.8, 4) is 0 Å². The van der Waals surface area contributed by atoms with Crippen LogP contribution >= 0.6 is 0 Å². The predicted octanol–water partition coefficient (Wildman–Crippen LogP) is 3.76. The second-order valence-corrected chi connectivity index (χ2v) is 7.15. The number of aromatic nitrogens is 2. The molecule has 28 heavy (non-hydrogen) atoms. The van der Waals surface area contributed by atoms with Crippen LogP contribution in [0.3, 0.4) is 0 Å². The maximum Gasteiger partial charge on any atom is 0.294 e. The van der Waals surface area contributed by atoms with Crippen LogP contribution < -0.4 is 10.5 Å². The van der Waals surface area contributed by atoms with Crippen LogP contribution in [-0.4, -0.2) is 35.5 Å². The maximum absolute atomic E-state index is 12.5. The van der Waals surface area contributed by atoms with Crippen molar-refractivity contribution in [2.24, 2.45) is 0 Å². The summed E-state index contributed by atoms with van der Waals surface area (Å²) in [5.74, 6) is 0.649. The Kier molecular flexibility index (Phi) is 4.88. The number of anilines is 1. The Balaban J connectivity index is 1.60. The minimum absolute atomic E-state index is 0.234. The number of hydrogen-bond donors (Lipinski definition) is 1. The van der Waals surface area contributed by atoms with Gasteiger partial charge in [0.15, 0.2) is 0 Å². The van der Waals surface area contributed by atoms with Gasteiger partial charge in [0.1, 0.15) is 16.9 Å². The highest BCUT2D eigenvalue weighted by molar-refractivity contribution is 6.01. The lowest BCUT2D eigenvalue weighted by atomic mass is 10.2. The number of fused-ring (bicyclic) bond motifs is 3. The first kappa shape index (κ1) is 18.3. The van der Waals surface area contributed by atoms with E-state index >= 15 is 0 Å². The standard InChI is InChI=1S/C22H24N4O2/c1-4-26(13-15-9-11-16(12-10-15)25(2)3)14-19-23-20-17-7-5-6-8-18(17)28-21(20)22(27)24-19/h5-12H,4,13-14H2,1-3H3,(H,23,24,27). The lowest BCUT2D eigenvalue weighted by Gasteiger charge is -2.20. The summed E-state index contributed by atoms with van der Waals surface area (Å²) in [7, 11) is 4.07. The van der Waals surface area contributed by atoms with E-state index in [-0.39, 0.29) is 11.1 Å². The molecule has 6 heteroatoms. The molecule has 144 valence electrons. The van der Waals surface area contributed by atoms with E-state index in [0.717, 1.165) is 18.5 Å². The van der Waals surface area contributed by atoms with Crippen LogP contribution in [0.15, 0.2) is 57.7 Å². The Bertz CT molecular complexity index is 1160. The number of hydrogen-bond acceptors (Lipinski definition) is 5. The maximum atomic E-state index is 12.5. The van der Waals surface area contributed by atoms with Gasteiger partial charge in [-0.15, -0.1) is 0 Å². The number of aromatic amines is 1. The fourth-order valence-corrected chi connectivity index (χ4v) is 3.37. The topological polar surface area (TPSA) is 65.4 Å². The predicted molar refractivity (Wildman–Crippen MR) is 113 cm³/mol. The molecular formula is C22H24N4O2. The molecule has 1 N–H and O–H groups in total. The van der Waals surface area contributed by atoms with Crippen molar-refractivity contribution in [3.05, 3.63) is 70.3 Å². The molecular weight excluding hydrogens is 352 g/mol. The second-order valence-electron chi connectivity index (χ2n) is 7.15. The van der Waals surface area contributed by atoms with Gasteiger partial charge < -0.3 is 14.3 Å². The Morgan fingerprint density at radius 2 is 1.79 bits per heavy atom. The molecule has 0 radical (unpaired) electrons. The van der Waals surface area contributed by atoms with Crippen LogP contribution in [-0.2, 0) is 13.1 Å². The first-order valence-corrected chi connectivity index (χ1v) is 9.44. The van der Waals surface area contributed by atoms with Gasteiger partial charge in [0, 0.05) is 31.7 Å². The van der Waals surface area contributed by atoms with E-state index in [1.807, 2.05) is 38.4 Å². The second kappa shape index (κ2) is 7.48. The number of rotatable bonds is 6. The van der Waals surface area contributed by atoms with Gasteiger partial charge in [-0.2, -0.15) is 0 Å². The zero-order valence-electron chi connectivity index (χ0n) is 16.4. The van der Waals surface area contributed by atoms with E-state index < -0.39 is 0 Å². The molecule has 0 spiro atoms. The van der Waals surface area contributed by atoms with Crippen LogP contribution in [0.5, 0.6) is 0 Å². The van der Waals surface area contributed by atoms with Crippen molar-refractivity contribution < 1.29 is 4.42 Å². The highest BCUT2D eigenvalue weighted by atomic mass is 16.3. The van der Waals surface area contributed by atoms with Crippen LogP contribution in [0, 0.1) is 0 Å². The van der Waals surface area contributed by atoms with Gasteiger partial charge in [-0.1, -0.05) is 31.2 Å². The molecule has 4 rings (SSSR count). The molecule has 0 fully saturated rings. The van der Waals surface area contributed by atoms with Gasteiger partial charge in [-0.05, 0) is 36.4 Å². The molecule has 2 aromatic carbocycles. The third kappa shape index (κ3) is 3.51. The number of benzene rings is 2. The molecule has 2 heterocycles. The molecule has 0 saturated heterocycles. The van der Waals surface area contributed by atoms with Gasteiger partial charge in [-0.3, -0.25) is 9.69 Å². The molecule has 0 aliphatic rings. The average molecular weight is 376 g/mol. The molecule has 0 saturated carbocycles. The summed E-state index contributed by atoms with van der Waals surface area (Å²) >= 11 is 0. The van der Waals surface area contributed by atoms with Gasteiger partial charge in [0.25, 0.3) is 5.56 Å². The Hall–Kier alpha value is -3.12. The molecule has 4 aromatic rings. The van der Waals surface area contributed by atoms with Gasteiger partial charge >= 0.3 is 0 Å². The van der Waals surface area contributed by atoms with E-state index in [1.165, 1.54) is 11.3 Å². The van der Waals surface area contributed by atoms with Crippen LogP contribution in [0.1, 0.15) is 18.3 Å². The zero-order valence-corrected chi connectivity index (χ0v) is 16.4. The molecule has 0 bridgehead atoms. The minimum Gasteiger partial charge on any atom is -0.449 e. The summed E-state index contributed by atoms with van der Waals surface area (Å²) in [5, 5.41) is 0.868. The fourth-order valence-electron chi connectivity index (χ4n) is 3.37. The number of nitrogens with one attached hydrogen (secondary N) is 1. The average Bonchev–Trinajstić information content (AvgIpc) is 3.07. The summed E-state index contributed by atoms with van der Waals surface area (Å²) in [6.07, 6.45) is 0. The fraction of sp³-hybridized carbons (Fsp3) is 0.273. The normalized spacial score (nSPS) is 11.6. The van der Waals surface area contributed by atoms with Gasteiger partial charge in [0.05, 0.1) is 6.54 Å². The van der Waals surface area contributed by atoms with Crippen LogP contribution in [0.4, 0.5) is 5.69 Å².